The van der Waals surface area contributed by atoms with Crippen LogP contribution in [0.15, 0.2) is 91.0 Å². The Bertz CT molecular complexity index is 977. The van der Waals surface area contributed by atoms with Crippen molar-refractivity contribution in [1.82, 2.24) is 10.2 Å². The predicted octanol–water partition coefficient (Wildman–Crippen LogP) is 3.76. The first-order valence-electron chi connectivity index (χ1n) is 9.60. The minimum absolute atomic E-state index is 0.183. The van der Waals surface area contributed by atoms with Crippen molar-refractivity contribution >= 4 is 11.9 Å². The summed E-state index contributed by atoms with van der Waals surface area (Å²) in [6.07, 6.45) is 0.387. The molecule has 5 heteroatoms. The molecule has 1 saturated heterocycles. The molecular formula is C24H22N2O3. The van der Waals surface area contributed by atoms with Crippen LogP contribution in [0.5, 0.6) is 5.75 Å². The van der Waals surface area contributed by atoms with Gasteiger partial charge in [-0.25, -0.2) is 4.79 Å². The molecule has 0 aliphatic carbocycles. The van der Waals surface area contributed by atoms with Gasteiger partial charge in [0.2, 0.25) is 0 Å². The monoisotopic (exact) mass is 386 g/mol. The first-order chi connectivity index (χ1) is 14.2. The Morgan fingerprint density at radius 2 is 1.38 bits per heavy atom. The summed E-state index contributed by atoms with van der Waals surface area (Å²) in [6, 6.07) is 28.1. The quantitative estimate of drug-likeness (QED) is 0.629. The largest absolute Gasteiger partial charge is 0.492 e. The number of hydrogen-bond acceptors (Lipinski definition) is 3. The van der Waals surface area contributed by atoms with Crippen LogP contribution < -0.4 is 10.1 Å². The number of urea groups is 1. The zero-order valence-electron chi connectivity index (χ0n) is 16.0. The fourth-order valence-electron chi connectivity index (χ4n) is 3.64. The van der Waals surface area contributed by atoms with E-state index in [2.05, 4.69) is 5.32 Å². The van der Waals surface area contributed by atoms with Crippen molar-refractivity contribution in [3.8, 4) is 5.75 Å². The molecule has 5 nitrogen and oxygen atoms in total. The summed E-state index contributed by atoms with van der Waals surface area (Å²) >= 11 is 0. The topological polar surface area (TPSA) is 58.6 Å². The van der Waals surface area contributed by atoms with Crippen molar-refractivity contribution in [3.63, 3.8) is 0 Å². The smallest absolute Gasteiger partial charge is 0.325 e. The Labute approximate surface area is 169 Å². The number of carbonyl (C=O) groups excluding carboxylic acids is 2. The van der Waals surface area contributed by atoms with Crippen LogP contribution >= 0.6 is 0 Å². The van der Waals surface area contributed by atoms with E-state index in [0.29, 0.717) is 12.2 Å². The fraction of sp³-hybridized carbons (Fsp3) is 0.167. The molecule has 0 radical (unpaired) electrons. The summed E-state index contributed by atoms with van der Waals surface area (Å²) in [5.74, 6) is 0.451. The highest BCUT2D eigenvalue weighted by atomic mass is 16.5. The molecule has 3 aromatic carbocycles. The number of nitrogens with zero attached hydrogens (tertiary/aromatic N) is 1. The van der Waals surface area contributed by atoms with E-state index >= 15 is 0 Å². The van der Waals surface area contributed by atoms with E-state index < -0.39 is 11.6 Å². The molecule has 3 amide bonds. The highest BCUT2D eigenvalue weighted by Crippen LogP contribution is 2.32. The Kier molecular flexibility index (Phi) is 5.29. The van der Waals surface area contributed by atoms with Gasteiger partial charge in [0.15, 0.2) is 5.54 Å². The zero-order valence-corrected chi connectivity index (χ0v) is 16.0. The highest BCUT2D eigenvalue weighted by Gasteiger charge is 2.52. The Hall–Kier alpha value is -3.60. The van der Waals surface area contributed by atoms with E-state index in [9.17, 15) is 9.59 Å². The maximum Gasteiger partial charge on any atom is 0.325 e. The number of benzene rings is 3. The lowest BCUT2D eigenvalue weighted by atomic mass is 9.83. The lowest BCUT2D eigenvalue weighted by molar-refractivity contribution is -0.131. The summed E-state index contributed by atoms with van der Waals surface area (Å²) in [4.78, 5) is 27.5. The lowest BCUT2D eigenvalue weighted by Crippen LogP contribution is -2.46. The van der Waals surface area contributed by atoms with Gasteiger partial charge in [-0.3, -0.25) is 9.69 Å². The SMILES string of the molecule is O=C1N[C@@](Cc2ccccc2)(c2ccccc2)C(=O)N1CCOc1ccccc1. The molecule has 146 valence electrons. The maximum atomic E-state index is 13.5. The number of ether oxygens (including phenoxy) is 1. The molecule has 1 aliphatic rings. The summed E-state index contributed by atoms with van der Waals surface area (Å²) < 4.78 is 5.68. The second kappa shape index (κ2) is 8.19. The standard InChI is InChI=1S/C24H22N2O3/c27-22-24(20-12-6-2-7-13-20,18-19-10-4-1-5-11-19)25-23(28)26(22)16-17-29-21-14-8-3-9-15-21/h1-15H,16-18H2,(H,25,28)/t24-/m0/s1. The number of nitrogens with one attached hydrogen (secondary N) is 1. The van der Waals surface area contributed by atoms with Crippen molar-refractivity contribution < 1.29 is 14.3 Å². The predicted molar refractivity (Wildman–Crippen MR) is 110 cm³/mol. The summed E-state index contributed by atoms with van der Waals surface area (Å²) in [5.41, 5.74) is 0.632. The fourth-order valence-corrected chi connectivity index (χ4v) is 3.64. The van der Waals surface area contributed by atoms with Gasteiger partial charge >= 0.3 is 6.03 Å². The number of imide groups is 1. The van der Waals surface area contributed by atoms with E-state index in [4.69, 9.17) is 4.74 Å². The molecular weight excluding hydrogens is 364 g/mol. The Balaban J connectivity index is 1.57. The second-order valence-corrected chi connectivity index (χ2v) is 6.98. The number of amides is 3. The van der Waals surface area contributed by atoms with Crippen LogP contribution in [0, 0.1) is 0 Å². The molecule has 1 atom stereocenters. The lowest BCUT2D eigenvalue weighted by Gasteiger charge is -2.27. The van der Waals surface area contributed by atoms with E-state index in [1.165, 1.54) is 4.90 Å². The van der Waals surface area contributed by atoms with Gasteiger partial charge in [-0.15, -0.1) is 0 Å². The van der Waals surface area contributed by atoms with Gasteiger partial charge in [-0.05, 0) is 23.3 Å². The first-order valence-corrected chi connectivity index (χ1v) is 9.60. The molecule has 0 bridgehead atoms. The normalized spacial score (nSPS) is 18.6. The van der Waals surface area contributed by atoms with Crippen LogP contribution in [0.2, 0.25) is 0 Å². The minimum atomic E-state index is -1.12. The van der Waals surface area contributed by atoms with Crippen LogP contribution in [0.1, 0.15) is 11.1 Å². The van der Waals surface area contributed by atoms with Gasteiger partial charge in [0.1, 0.15) is 12.4 Å². The summed E-state index contributed by atoms with van der Waals surface area (Å²) in [7, 11) is 0. The third-order valence-electron chi connectivity index (χ3n) is 5.08. The molecule has 0 spiro atoms. The molecule has 4 rings (SSSR count). The molecule has 0 unspecified atom stereocenters. The Morgan fingerprint density at radius 1 is 0.793 bits per heavy atom. The van der Waals surface area contributed by atoms with E-state index in [0.717, 1.165) is 11.1 Å². The number of para-hydroxylation sites is 1. The average molecular weight is 386 g/mol. The van der Waals surface area contributed by atoms with Gasteiger partial charge in [-0.1, -0.05) is 78.9 Å². The van der Waals surface area contributed by atoms with Gasteiger partial charge < -0.3 is 10.1 Å². The minimum Gasteiger partial charge on any atom is -0.492 e. The second-order valence-electron chi connectivity index (χ2n) is 6.98. The number of hydrogen-bond donors (Lipinski definition) is 1. The highest BCUT2D eigenvalue weighted by molar-refractivity contribution is 6.07. The van der Waals surface area contributed by atoms with Crippen molar-refractivity contribution in [2.45, 2.75) is 12.0 Å². The number of rotatable bonds is 7. The van der Waals surface area contributed by atoms with Gasteiger partial charge in [0.05, 0.1) is 6.54 Å². The molecule has 1 N–H and O–H groups in total. The van der Waals surface area contributed by atoms with E-state index in [-0.39, 0.29) is 19.1 Å². The van der Waals surface area contributed by atoms with Crippen LogP contribution in [0.25, 0.3) is 0 Å². The number of carbonyl (C=O) groups is 2. The zero-order chi connectivity index (χ0) is 20.1. The van der Waals surface area contributed by atoms with Crippen LogP contribution in [0.3, 0.4) is 0 Å². The van der Waals surface area contributed by atoms with Gasteiger partial charge in [0, 0.05) is 6.42 Å². The summed E-state index contributed by atoms with van der Waals surface area (Å²) in [5, 5.41) is 2.96. The first kappa shape index (κ1) is 18.7. The molecule has 1 fully saturated rings. The van der Waals surface area contributed by atoms with Crippen LogP contribution in [-0.4, -0.2) is 30.0 Å². The third-order valence-corrected chi connectivity index (χ3v) is 5.08. The average Bonchev–Trinajstić information content (AvgIpc) is 3.01. The third kappa shape index (κ3) is 3.85. The van der Waals surface area contributed by atoms with Crippen molar-refractivity contribution in [1.29, 1.82) is 0 Å². The maximum absolute atomic E-state index is 13.5. The van der Waals surface area contributed by atoms with Gasteiger partial charge in [-0.2, -0.15) is 0 Å². The molecule has 29 heavy (non-hydrogen) atoms. The summed E-state index contributed by atoms with van der Waals surface area (Å²) in [6.45, 7) is 0.419. The van der Waals surface area contributed by atoms with Crippen molar-refractivity contribution in [2.75, 3.05) is 13.2 Å². The molecule has 0 aromatic heterocycles. The van der Waals surface area contributed by atoms with E-state index in [1.807, 2.05) is 91.0 Å². The molecule has 3 aromatic rings. The van der Waals surface area contributed by atoms with Crippen molar-refractivity contribution in [2.24, 2.45) is 0 Å². The van der Waals surface area contributed by atoms with Crippen molar-refractivity contribution in [3.05, 3.63) is 102 Å². The molecule has 1 heterocycles. The Morgan fingerprint density at radius 3 is 2.03 bits per heavy atom. The van der Waals surface area contributed by atoms with E-state index in [1.54, 1.807) is 0 Å². The molecule has 1 aliphatic heterocycles. The molecule has 0 saturated carbocycles. The van der Waals surface area contributed by atoms with Crippen LogP contribution in [0.4, 0.5) is 4.79 Å². The van der Waals surface area contributed by atoms with Crippen LogP contribution in [-0.2, 0) is 16.8 Å². The van der Waals surface area contributed by atoms with Gasteiger partial charge in [0.25, 0.3) is 5.91 Å².